The summed E-state index contributed by atoms with van der Waals surface area (Å²) in [4.78, 5) is 11.6. The lowest BCUT2D eigenvalue weighted by Crippen LogP contribution is -2.33. The van der Waals surface area contributed by atoms with Gasteiger partial charge in [0, 0.05) is 11.8 Å². The maximum Gasteiger partial charge on any atom is 0.230 e. The predicted octanol–water partition coefficient (Wildman–Crippen LogP) is 2.58. The minimum Gasteiger partial charge on any atom is -0.393 e. The van der Waals surface area contributed by atoms with Crippen LogP contribution in [0.15, 0.2) is 0 Å². The van der Waals surface area contributed by atoms with Crippen LogP contribution in [0.25, 0.3) is 0 Å². The quantitative estimate of drug-likeness (QED) is 0.782. The van der Waals surface area contributed by atoms with Crippen LogP contribution in [0.1, 0.15) is 52.9 Å². The zero-order chi connectivity index (χ0) is 13.6. The minimum absolute atomic E-state index is 0.105. The van der Waals surface area contributed by atoms with E-state index in [-0.39, 0.29) is 17.4 Å². The molecule has 1 amide bonds. The molecule has 0 aliphatic heterocycles. The van der Waals surface area contributed by atoms with E-state index in [0.29, 0.717) is 24.0 Å². The van der Waals surface area contributed by atoms with Gasteiger partial charge in [-0.3, -0.25) is 4.79 Å². The van der Waals surface area contributed by atoms with Crippen LogP contribution in [0.2, 0.25) is 0 Å². The first-order valence-corrected chi connectivity index (χ1v) is 8.01. The molecule has 1 atom stereocenters. The number of carbonyl (C=O) groups excluding carboxylic acids is 1. The van der Waals surface area contributed by atoms with Crippen molar-refractivity contribution in [2.45, 2.75) is 64.2 Å². The van der Waals surface area contributed by atoms with Crippen LogP contribution in [0, 0.1) is 5.41 Å². The fourth-order valence-corrected chi connectivity index (χ4v) is 3.24. The van der Waals surface area contributed by atoms with Gasteiger partial charge >= 0.3 is 0 Å². The van der Waals surface area contributed by atoms with Crippen molar-refractivity contribution in [2.75, 3.05) is 12.3 Å². The third-order valence-electron chi connectivity index (χ3n) is 3.49. The third kappa shape index (κ3) is 6.10. The Morgan fingerprint density at radius 1 is 1.39 bits per heavy atom. The molecule has 0 radical (unpaired) electrons. The number of thioether (sulfide) groups is 1. The molecule has 0 aromatic rings. The van der Waals surface area contributed by atoms with E-state index < -0.39 is 0 Å². The minimum atomic E-state index is -0.361. The highest BCUT2D eigenvalue weighted by atomic mass is 32.2. The SMILES string of the molecule is CC(C)(C)C(O)CCNC(=O)CSC1CCCC1. The Morgan fingerprint density at radius 3 is 2.56 bits per heavy atom. The molecule has 3 nitrogen and oxygen atoms in total. The summed E-state index contributed by atoms with van der Waals surface area (Å²) in [6.45, 7) is 6.60. The molecular formula is C14H27NO2S. The number of carbonyl (C=O) groups is 1. The molecule has 1 unspecified atom stereocenters. The normalized spacial score (nSPS) is 18.9. The Hall–Kier alpha value is -0.220. The van der Waals surface area contributed by atoms with Gasteiger partial charge in [0.05, 0.1) is 11.9 Å². The van der Waals surface area contributed by atoms with E-state index in [1.165, 1.54) is 25.7 Å². The van der Waals surface area contributed by atoms with Crippen molar-refractivity contribution < 1.29 is 9.90 Å². The highest BCUT2D eigenvalue weighted by Gasteiger charge is 2.21. The van der Waals surface area contributed by atoms with Crippen LogP contribution in [-0.2, 0) is 4.79 Å². The van der Waals surface area contributed by atoms with Gasteiger partial charge in [-0.15, -0.1) is 11.8 Å². The molecule has 0 spiro atoms. The first kappa shape index (κ1) is 15.8. The molecule has 106 valence electrons. The standard InChI is InChI=1S/C14H27NO2S/c1-14(2,3)12(16)8-9-15-13(17)10-18-11-6-4-5-7-11/h11-12,16H,4-10H2,1-3H3,(H,15,17). The maximum absolute atomic E-state index is 11.6. The van der Waals surface area contributed by atoms with Crippen molar-refractivity contribution in [3.05, 3.63) is 0 Å². The molecule has 4 heteroatoms. The molecule has 0 saturated heterocycles. The zero-order valence-corrected chi connectivity index (χ0v) is 12.7. The van der Waals surface area contributed by atoms with Crippen LogP contribution in [0.4, 0.5) is 0 Å². The topological polar surface area (TPSA) is 49.3 Å². The van der Waals surface area contributed by atoms with Gasteiger partial charge in [0.2, 0.25) is 5.91 Å². The van der Waals surface area contributed by atoms with Crippen molar-refractivity contribution in [1.29, 1.82) is 0 Å². The first-order valence-electron chi connectivity index (χ1n) is 6.96. The number of aliphatic hydroxyl groups excluding tert-OH is 1. The average molecular weight is 273 g/mol. The van der Waals surface area contributed by atoms with Crippen LogP contribution in [0.5, 0.6) is 0 Å². The van der Waals surface area contributed by atoms with E-state index in [1.54, 1.807) is 11.8 Å². The number of nitrogens with one attached hydrogen (secondary N) is 1. The van der Waals surface area contributed by atoms with Crippen LogP contribution >= 0.6 is 11.8 Å². The smallest absolute Gasteiger partial charge is 0.230 e. The summed E-state index contributed by atoms with van der Waals surface area (Å²) in [5.41, 5.74) is -0.108. The molecule has 0 bridgehead atoms. The largest absolute Gasteiger partial charge is 0.393 e. The fourth-order valence-electron chi connectivity index (χ4n) is 2.08. The molecule has 1 aliphatic carbocycles. The molecule has 0 heterocycles. The summed E-state index contributed by atoms with van der Waals surface area (Å²) in [6, 6.07) is 0. The first-order chi connectivity index (χ1) is 8.39. The molecule has 2 N–H and O–H groups in total. The Kier molecular flexibility index (Phi) is 6.50. The lowest BCUT2D eigenvalue weighted by molar-refractivity contribution is -0.118. The average Bonchev–Trinajstić information content (AvgIpc) is 2.77. The molecule has 1 aliphatic rings. The fraction of sp³-hybridized carbons (Fsp3) is 0.929. The second-order valence-electron chi connectivity index (χ2n) is 6.24. The lowest BCUT2D eigenvalue weighted by Gasteiger charge is -2.25. The van der Waals surface area contributed by atoms with E-state index in [2.05, 4.69) is 5.32 Å². The summed E-state index contributed by atoms with van der Waals surface area (Å²) >= 11 is 1.78. The summed E-state index contributed by atoms with van der Waals surface area (Å²) < 4.78 is 0. The number of hydrogen-bond acceptors (Lipinski definition) is 3. The van der Waals surface area contributed by atoms with Gasteiger partial charge < -0.3 is 10.4 Å². The lowest BCUT2D eigenvalue weighted by atomic mass is 9.87. The number of hydrogen-bond donors (Lipinski definition) is 2. The van der Waals surface area contributed by atoms with Crippen molar-refractivity contribution in [3.8, 4) is 0 Å². The molecule has 0 aromatic carbocycles. The van der Waals surface area contributed by atoms with Gasteiger partial charge in [-0.1, -0.05) is 33.6 Å². The monoisotopic (exact) mass is 273 g/mol. The van der Waals surface area contributed by atoms with E-state index in [0.717, 1.165) is 0 Å². The summed E-state index contributed by atoms with van der Waals surface area (Å²) in [5.74, 6) is 0.670. The molecular weight excluding hydrogens is 246 g/mol. The van der Waals surface area contributed by atoms with Crippen molar-refractivity contribution in [3.63, 3.8) is 0 Å². The Balaban J connectivity index is 2.06. The Morgan fingerprint density at radius 2 is 2.00 bits per heavy atom. The second-order valence-corrected chi connectivity index (χ2v) is 7.53. The molecule has 1 saturated carbocycles. The van der Waals surface area contributed by atoms with E-state index in [1.807, 2.05) is 20.8 Å². The molecule has 18 heavy (non-hydrogen) atoms. The Bertz CT molecular complexity index is 257. The van der Waals surface area contributed by atoms with Gasteiger partial charge in [-0.25, -0.2) is 0 Å². The number of rotatable bonds is 6. The summed E-state index contributed by atoms with van der Waals surface area (Å²) in [5, 5.41) is 13.4. The van der Waals surface area contributed by atoms with Gasteiger partial charge in [0.25, 0.3) is 0 Å². The number of amides is 1. The predicted molar refractivity (Wildman–Crippen MR) is 77.8 cm³/mol. The van der Waals surface area contributed by atoms with Gasteiger partial charge in [0.15, 0.2) is 0 Å². The van der Waals surface area contributed by atoms with Crippen molar-refractivity contribution >= 4 is 17.7 Å². The van der Waals surface area contributed by atoms with Crippen molar-refractivity contribution in [1.82, 2.24) is 5.32 Å². The molecule has 1 rings (SSSR count). The van der Waals surface area contributed by atoms with Crippen LogP contribution < -0.4 is 5.32 Å². The highest BCUT2D eigenvalue weighted by Crippen LogP contribution is 2.29. The van der Waals surface area contributed by atoms with E-state index in [9.17, 15) is 9.90 Å². The van der Waals surface area contributed by atoms with Crippen LogP contribution in [0.3, 0.4) is 0 Å². The summed E-state index contributed by atoms with van der Waals surface area (Å²) in [6.07, 6.45) is 5.43. The maximum atomic E-state index is 11.6. The van der Waals surface area contributed by atoms with Crippen LogP contribution in [-0.4, -0.2) is 34.7 Å². The number of aliphatic hydroxyl groups is 1. The third-order valence-corrected chi connectivity index (χ3v) is 4.86. The Labute approximate surface area is 115 Å². The highest BCUT2D eigenvalue weighted by molar-refractivity contribution is 8.00. The molecule has 1 fully saturated rings. The second kappa shape index (κ2) is 7.39. The van der Waals surface area contributed by atoms with E-state index >= 15 is 0 Å². The van der Waals surface area contributed by atoms with E-state index in [4.69, 9.17) is 0 Å². The summed E-state index contributed by atoms with van der Waals surface area (Å²) in [7, 11) is 0. The van der Waals surface area contributed by atoms with Gasteiger partial charge in [0.1, 0.15) is 0 Å². The zero-order valence-electron chi connectivity index (χ0n) is 11.9. The molecule has 0 aromatic heterocycles. The van der Waals surface area contributed by atoms with Gasteiger partial charge in [-0.2, -0.15) is 0 Å². The van der Waals surface area contributed by atoms with Crippen molar-refractivity contribution in [2.24, 2.45) is 5.41 Å². The van der Waals surface area contributed by atoms with Gasteiger partial charge in [-0.05, 0) is 24.7 Å².